The molecule has 0 saturated carbocycles. The molecule has 0 unspecified atom stereocenters. The second-order valence-electron chi connectivity index (χ2n) is 5.52. The molecule has 1 heterocycles. The lowest BCUT2D eigenvalue weighted by Crippen LogP contribution is -2.23. The Kier molecular flexibility index (Phi) is 8.68. The van der Waals surface area contributed by atoms with Gasteiger partial charge in [-0.1, -0.05) is 12.1 Å². The molecular formula is C16H27IN4. The number of unbranched alkanes of at least 4 members (excludes halogenated alkanes) is 1. The van der Waals surface area contributed by atoms with Crippen molar-refractivity contribution in [2.75, 3.05) is 31.5 Å². The number of hydrogen-bond acceptors (Lipinski definition) is 2. The first kappa shape index (κ1) is 18.2. The molecule has 0 radical (unpaired) electrons. The van der Waals surface area contributed by atoms with Crippen molar-refractivity contribution in [3.8, 4) is 0 Å². The van der Waals surface area contributed by atoms with Crippen LogP contribution in [0.2, 0.25) is 0 Å². The van der Waals surface area contributed by atoms with Crippen LogP contribution in [0.3, 0.4) is 0 Å². The molecule has 4 nitrogen and oxygen atoms in total. The average Bonchev–Trinajstić information content (AvgIpc) is 2.91. The molecule has 118 valence electrons. The van der Waals surface area contributed by atoms with Crippen LogP contribution in [0.5, 0.6) is 0 Å². The maximum Gasteiger partial charge on any atom is 0.193 e. The molecule has 1 aromatic rings. The molecule has 5 heteroatoms. The van der Waals surface area contributed by atoms with Gasteiger partial charge in [-0.3, -0.25) is 4.99 Å². The number of nitrogens with zero attached hydrogens (tertiary/aromatic N) is 2. The van der Waals surface area contributed by atoms with Crippen molar-refractivity contribution in [2.45, 2.75) is 32.6 Å². The Bertz CT molecular complexity index is 442. The van der Waals surface area contributed by atoms with Crippen LogP contribution in [0.25, 0.3) is 0 Å². The number of nitrogens with one attached hydrogen (secondary N) is 1. The molecule has 0 spiro atoms. The van der Waals surface area contributed by atoms with Gasteiger partial charge in [0.1, 0.15) is 0 Å². The van der Waals surface area contributed by atoms with E-state index in [0.29, 0.717) is 5.96 Å². The van der Waals surface area contributed by atoms with Gasteiger partial charge in [0, 0.05) is 12.2 Å². The molecular weight excluding hydrogens is 375 g/mol. The Labute approximate surface area is 145 Å². The number of nitrogens with two attached hydrogens (primary N) is 1. The fourth-order valence-electron chi connectivity index (χ4n) is 2.56. The lowest BCUT2D eigenvalue weighted by molar-refractivity contribution is 0.331. The Morgan fingerprint density at radius 2 is 2.05 bits per heavy atom. The van der Waals surface area contributed by atoms with Crippen molar-refractivity contribution < 1.29 is 0 Å². The average molecular weight is 402 g/mol. The highest BCUT2D eigenvalue weighted by atomic mass is 127. The van der Waals surface area contributed by atoms with E-state index in [-0.39, 0.29) is 24.0 Å². The number of halogens is 1. The molecule has 0 aliphatic carbocycles. The third-order valence-corrected chi connectivity index (χ3v) is 3.65. The fraction of sp³-hybridized carbons (Fsp3) is 0.562. The number of guanidine groups is 1. The van der Waals surface area contributed by atoms with Gasteiger partial charge in [0.2, 0.25) is 0 Å². The van der Waals surface area contributed by atoms with Crippen LogP contribution in [0.1, 0.15) is 31.2 Å². The zero-order valence-corrected chi connectivity index (χ0v) is 15.2. The summed E-state index contributed by atoms with van der Waals surface area (Å²) in [4.78, 5) is 6.92. The van der Waals surface area contributed by atoms with E-state index in [9.17, 15) is 0 Å². The fourth-order valence-corrected chi connectivity index (χ4v) is 2.56. The Hall–Kier alpha value is -0.820. The Balaban J connectivity index is 0.00000220. The molecule has 21 heavy (non-hydrogen) atoms. The van der Waals surface area contributed by atoms with Crippen molar-refractivity contribution >= 4 is 35.6 Å². The standard InChI is InChI=1S/C16H26N4.HI/c1-14-7-6-8-15(13-14)19-16(17)18-9-2-3-10-20-11-4-5-12-20;/h6-8,13H,2-5,9-12H2,1H3,(H3,17,18,19);1H. The summed E-state index contributed by atoms with van der Waals surface area (Å²) in [5, 5.41) is 3.13. The molecule has 0 bridgehead atoms. The van der Waals surface area contributed by atoms with Gasteiger partial charge < -0.3 is 16.0 Å². The van der Waals surface area contributed by atoms with Gasteiger partial charge >= 0.3 is 0 Å². The van der Waals surface area contributed by atoms with E-state index in [1.807, 2.05) is 12.1 Å². The first-order valence-corrected chi connectivity index (χ1v) is 7.60. The number of hydrogen-bond donors (Lipinski definition) is 2. The predicted octanol–water partition coefficient (Wildman–Crippen LogP) is 3.22. The first-order valence-electron chi connectivity index (χ1n) is 7.60. The summed E-state index contributed by atoms with van der Waals surface area (Å²) in [6.07, 6.45) is 5.05. The Morgan fingerprint density at radius 1 is 1.29 bits per heavy atom. The highest BCUT2D eigenvalue weighted by molar-refractivity contribution is 14.0. The molecule has 1 aliphatic heterocycles. The van der Waals surface area contributed by atoms with Crippen LogP contribution in [0.15, 0.2) is 29.3 Å². The van der Waals surface area contributed by atoms with Crippen LogP contribution >= 0.6 is 24.0 Å². The van der Waals surface area contributed by atoms with Gasteiger partial charge in [-0.25, -0.2) is 0 Å². The number of aliphatic imine (C=N–C) groups is 1. The summed E-state index contributed by atoms with van der Waals surface area (Å²) in [5.74, 6) is 0.511. The lowest BCUT2D eigenvalue weighted by Gasteiger charge is -2.13. The SMILES string of the molecule is Cc1cccc(NC(N)=NCCCCN2CCCC2)c1.I. The Morgan fingerprint density at radius 3 is 2.76 bits per heavy atom. The normalized spacial score (nSPS) is 15.8. The van der Waals surface area contributed by atoms with E-state index in [2.05, 4.69) is 34.3 Å². The molecule has 1 saturated heterocycles. The minimum atomic E-state index is 0. The molecule has 0 aromatic heterocycles. The third-order valence-electron chi connectivity index (χ3n) is 3.65. The highest BCUT2D eigenvalue weighted by Gasteiger charge is 2.09. The molecule has 3 N–H and O–H groups in total. The maximum atomic E-state index is 5.89. The maximum absolute atomic E-state index is 5.89. The second kappa shape index (κ2) is 10.00. The number of anilines is 1. The van der Waals surface area contributed by atoms with Crippen LogP contribution in [0, 0.1) is 6.92 Å². The van der Waals surface area contributed by atoms with E-state index in [0.717, 1.165) is 18.7 Å². The van der Waals surface area contributed by atoms with Gasteiger partial charge in [-0.15, -0.1) is 24.0 Å². The van der Waals surface area contributed by atoms with Crippen molar-refractivity contribution in [1.82, 2.24) is 4.90 Å². The summed E-state index contributed by atoms with van der Waals surface area (Å²) < 4.78 is 0. The van der Waals surface area contributed by atoms with E-state index < -0.39 is 0 Å². The van der Waals surface area contributed by atoms with Crippen LogP contribution in [0.4, 0.5) is 5.69 Å². The van der Waals surface area contributed by atoms with E-state index in [1.54, 1.807) is 0 Å². The molecule has 0 atom stereocenters. The molecule has 1 aromatic carbocycles. The van der Waals surface area contributed by atoms with Crippen LogP contribution in [-0.4, -0.2) is 37.0 Å². The van der Waals surface area contributed by atoms with E-state index in [4.69, 9.17) is 5.73 Å². The van der Waals surface area contributed by atoms with Gasteiger partial charge in [-0.2, -0.15) is 0 Å². The summed E-state index contributed by atoms with van der Waals surface area (Å²) in [6, 6.07) is 8.15. The highest BCUT2D eigenvalue weighted by Crippen LogP contribution is 2.09. The number of likely N-dealkylation sites (tertiary alicyclic amines) is 1. The van der Waals surface area contributed by atoms with Gasteiger partial charge in [0.05, 0.1) is 0 Å². The number of aryl methyl sites for hydroxylation is 1. The quantitative estimate of drug-likeness (QED) is 0.333. The van der Waals surface area contributed by atoms with Crippen molar-refractivity contribution in [3.05, 3.63) is 29.8 Å². The van der Waals surface area contributed by atoms with Crippen molar-refractivity contribution in [2.24, 2.45) is 10.7 Å². The minimum Gasteiger partial charge on any atom is -0.370 e. The summed E-state index contributed by atoms with van der Waals surface area (Å²) in [5.41, 5.74) is 8.11. The van der Waals surface area contributed by atoms with Crippen LogP contribution < -0.4 is 11.1 Å². The van der Waals surface area contributed by atoms with Crippen molar-refractivity contribution in [1.29, 1.82) is 0 Å². The predicted molar refractivity (Wildman–Crippen MR) is 102 cm³/mol. The largest absolute Gasteiger partial charge is 0.370 e. The summed E-state index contributed by atoms with van der Waals surface area (Å²) >= 11 is 0. The van der Waals surface area contributed by atoms with E-state index >= 15 is 0 Å². The summed E-state index contributed by atoms with van der Waals surface area (Å²) in [6.45, 7) is 6.64. The topological polar surface area (TPSA) is 53.6 Å². The molecule has 0 amide bonds. The zero-order chi connectivity index (χ0) is 14.2. The van der Waals surface area contributed by atoms with Gasteiger partial charge in [0.15, 0.2) is 5.96 Å². The number of benzene rings is 1. The molecule has 1 fully saturated rings. The first-order chi connectivity index (χ1) is 9.74. The smallest absolute Gasteiger partial charge is 0.193 e. The van der Waals surface area contributed by atoms with Gasteiger partial charge in [0.25, 0.3) is 0 Å². The third kappa shape index (κ3) is 7.13. The number of rotatable bonds is 6. The van der Waals surface area contributed by atoms with Gasteiger partial charge in [-0.05, 0) is 69.9 Å². The second-order valence-corrected chi connectivity index (χ2v) is 5.52. The zero-order valence-electron chi connectivity index (χ0n) is 12.8. The molecule has 2 rings (SSSR count). The minimum absolute atomic E-state index is 0. The lowest BCUT2D eigenvalue weighted by atomic mass is 10.2. The summed E-state index contributed by atoms with van der Waals surface area (Å²) in [7, 11) is 0. The molecule has 1 aliphatic rings. The van der Waals surface area contributed by atoms with E-state index in [1.165, 1.54) is 44.5 Å². The van der Waals surface area contributed by atoms with Crippen molar-refractivity contribution in [3.63, 3.8) is 0 Å². The monoisotopic (exact) mass is 402 g/mol. The van der Waals surface area contributed by atoms with Crippen LogP contribution in [-0.2, 0) is 0 Å².